The highest BCUT2D eigenvalue weighted by atomic mass is 35.5. The van der Waals surface area contributed by atoms with Gasteiger partial charge in [0.15, 0.2) is 11.6 Å². The van der Waals surface area contributed by atoms with Crippen molar-refractivity contribution >= 4 is 52.2 Å². The Morgan fingerprint density at radius 1 is 1.23 bits per heavy atom. The highest BCUT2D eigenvalue weighted by Gasteiger charge is 2.20. The number of aliphatic hydroxyl groups excluding tert-OH is 1. The number of aromatic nitrogens is 3. The van der Waals surface area contributed by atoms with E-state index in [1.54, 1.807) is 29.7 Å². The van der Waals surface area contributed by atoms with Crippen LogP contribution in [0, 0.1) is 18.6 Å². The first-order valence-corrected chi connectivity index (χ1v) is 10.5. The predicted octanol–water partition coefficient (Wildman–Crippen LogP) is 5.48. The topological polar surface area (TPSA) is 88.5 Å². The van der Waals surface area contributed by atoms with Gasteiger partial charge in [-0.1, -0.05) is 23.2 Å². The van der Waals surface area contributed by atoms with E-state index < -0.39 is 11.6 Å². The van der Waals surface area contributed by atoms with Crippen LogP contribution in [0.25, 0.3) is 16.8 Å². The van der Waals surface area contributed by atoms with Gasteiger partial charge in [-0.3, -0.25) is 4.40 Å². The lowest BCUT2D eigenvalue weighted by molar-refractivity contribution is 0.281. The molecule has 0 saturated carbocycles. The highest BCUT2D eigenvalue weighted by molar-refractivity contribution is 8.00. The van der Waals surface area contributed by atoms with Gasteiger partial charge in [0.1, 0.15) is 22.9 Å². The van der Waals surface area contributed by atoms with Crippen molar-refractivity contribution in [3.63, 3.8) is 0 Å². The molecule has 2 heterocycles. The Balaban J connectivity index is 1.75. The summed E-state index contributed by atoms with van der Waals surface area (Å²) < 4.78 is 33.8. The van der Waals surface area contributed by atoms with Gasteiger partial charge in [0, 0.05) is 39.6 Å². The average Bonchev–Trinajstić information content (AvgIpc) is 3.08. The number of aliphatic hydroxyl groups is 1. The van der Waals surface area contributed by atoms with Gasteiger partial charge >= 0.3 is 0 Å². The third-order valence-electron chi connectivity index (χ3n) is 4.57. The monoisotopic (exact) mass is 481 g/mol. The first-order valence-electron chi connectivity index (χ1n) is 8.90. The fourth-order valence-corrected chi connectivity index (χ4v) is 4.49. The second-order valence-corrected chi connectivity index (χ2v) is 8.26. The molecule has 0 spiro atoms. The zero-order valence-corrected chi connectivity index (χ0v) is 18.3. The van der Waals surface area contributed by atoms with Crippen molar-refractivity contribution in [2.45, 2.75) is 18.4 Å². The number of nitrogens with one attached hydrogen (secondary N) is 1. The second-order valence-electron chi connectivity index (χ2n) is 6.60. The summed E-state index contributed by atoms with van der Waals surface area (Å²) in [6.45, 7) is 1.44. The molecule has 0 unspecified atom stereocenters. The number of nitrogens with zero attached hydrogens (tertiary/aromatic N) is 3. The summed E-state index contributed by atoms with van der Waals surface area (Å²) >= 11 is 13.4. The number of imidazole rings is 1. The fourth-order valence-electron chi connectivity index (χ4n) is 3.14. The van der Waals surface area contributed by atoms with Gasteiger partial charge in [-0.2, -0.15) is 0 Å². The molecule has 4 N–H and O–H groups in total. The number of benzene rings is 2. The number of halogens is 4. The van der Waals surface area contributed by atoms with Crippen LogP contribution in [0.2, 0.25) is 10.0 Å². The van der Waals surface area contributed by atoms with E-state index in [1.165, 1.54) is 12.3 Å². The molecule has 0 aliphatic heterocycles. The lowest BCUT2D eigenvalue weighted by Crippen LogP contribution is -1.98. The number of nitrogens with two attached hydrogens (primary N) is 1. The van der Waals surface area contributed by atoms with Gasteiger partial charge in [0.25, 0.3) is 0 Å². The molecule has 0 radical (unpaired) electrons. The minimum absolute atomic E-state index is 0.0679. The van der Waals surface area contributed by atoms with E-state index in [0.29, 0.717) is 31.8 Å². The molecule has 31 heavy (non-hydrogen) atoms. The van der Waals surface area contributed by atoms with Gasteiger partial charge in [-0.15, -0.1) is 0 Å². The standard InChI is InChI=1S/C20H15Cl2F2N5OS/c1-9-27-18(19-20(25)26-2-3-29(9)19)13-6-12(7-14(23)17(13)24)28-31-15-5-11(21)4-10(8-30)16(15)22/h2-7,28,30H,8H2,1H3,(H2,25,26). The first-order chi connectivity index (χ1) is 14.8. The van der Waals surface area contributed by atoms with Gasteiger partial charge < -0.3 is 15.6 Å². The quantitative estimate of drug-likeness (QED) is 0.327. The summed E-state index contributed by atoms with van der Waals surface area (Å²) in [5.41, 5.74) is 7.18. The van der Waals surface area contributed by atoms with Gasteiger partial charge in [-0.05, 0) is 42.6 Å². The smallest absolute Gasteiger partial charge is 0.168 e. The third-order valence-corrected chi connectivity index (χ3v) is 6.23. The molecule has 0 atom stereocenters. The molecule has 0 bridgehead atoms. The van der Waals surface area contributed by atoms with Crippen molar-refractivity contribution in [3.8, 4) is 11.3 Å². The van der Waals surface area contributed by atoms with Crippen molar-refractivity contribution in [2.75, 3.05) is 10.5 Å². The molecule has 11 heteroatoms. The lowest BCUT2D eigenvalue weighted by Gasteiger charge is -2.12. The summed E-state index contributed by atoms with van der Waals surface area (Å²) in [6.07, 6.45) is 3.14. The van der Waals surface area contributed by atoms with Crippen LogP contribution < -0.4 is 10.5 Å². The summed E-state index contributed by atoms with van der Waals surface area (Å²) in [5, 5.41) is 10.1. The minimum atomic E-state index is -1.06. The molecule has 2 aromatic carbocycles. The summed E-state index contributed by atoms with van der Waals surface area (Å²) in [6, 6.07) is 5.59. The maximum absolute atomic E-state index is 14.7. The molecule has 2 aromatic heterocycles. The van der Waals surface area contributed by atoms with Crippen LogP contribution in [-0.4, -0.2) is 19.5 Å². The van der Waals surface area contributed by atoms with Crippen molar-refractivity contribution in [2.24, 2.45) is 0 Å². The molecule has 0 fully saturated rings. The van der Waals surface area contributed by atoms with Gasteiger partial charge in [0.05, 0.1) is 11.6 Å². The molecule has 0 aliphatic rings. The summed E-state index contributed by atoms with van der Waals surface area (Å²) in [5.74, 6) is -1.42. The van der Waals surface area contributed by atoms with E-state index in [-0.39, 0.29) is 29.4 Å². The number of hydrogen-bond acceptors (Lipinski definition) is 6. The van der Waals surface area contributed by atoms with E-state index in [2.05, 4.69) is 14.7 Å². The molecule has 0 amide bonds. The number of rotatable bonds is 5. The molecule has 0 saturated heterocycles. The molecular weight excluding hydrogens is 467 g/mol. The Bertz CT molecular complexity index is 1310. The lowest BCUT2D eigenvalue weighted by atomic mass is 10.1. The Morgan fingerprint density at radius 3 is 2.74 bits per heavy atom. The summed E-state index contributed by atoms with van der Waals surface area (Å²) in [4.78, 5) is 8.91. The van der Waals surface area contributed by atoms with Crippen molar-refractivity contribution < 1.29 is 13.9 Å². The second kappa shape index (κ2) is 8.51. The zero-order chi connectivity index (χ0) is 22.3. The van der Waals surface area contributed by atoms with E-state index in [9.17, 15) is 13.9 Å². The summed E-state index contributed by atoms with van der Waals surface area (Å²) in [7, 11) is 0. The number of anilines is 2. The van der Waals surface area contributed by atoms with Crippen LogP contribution in [0.1, 0.15) is 11.4 Å². The third kappa shape index (κ3) is 4.01. The zero-order valence-electron chi connectivity index (χ0n) is 16.0. The molecule has 6 nitrogen and oxygen atoms in total. The Labute approximate surface area is 190 Å². The molecule has 4 rings (SSSR count). The van der Waals surface area contributed by atoms with Crippen LogP contribution in [0.15, 0.2) is 41.6 Å². The van der Waals surface area contributed by atoms with E-state index in [4.69, 9.17) is 28.9 Å². The predicted molar refractivity (Wildman–Crippen MR) is 119 cm³/mol. The van der Waals surface area contributed by atoms with E-state index >= 15 is 0 Å². The first kappa shape index (κ1) is 21.6. The average molecular weight is 482 g/mol. The number of fused-ring (bicyclic) bond motifs is 1. The van der Waals surface area contributed by atoms with Gasteiger partial charge in [-0.25, -0.2) is 18.7 Å². The normalized spacial score (nSPS) is 11.3. The van der Waals surface area contributed by atoms with Crippen molar-refractivity contribution in [1.82, 2.24) is 14.4 Å². The largest absolute Gasteiger partial charge is 0.392 e. The van der Waals surface area contributed by atoms with Crippen molar-refractivity contribution in [1.29, 1.82) is 0 Å². The Hall–Kier alpha value is -2.59. The van der Waals surface area contributed by atoms with Gasteiger partial charge in [0.2, 0.25) is 0 Å². The molecule has 160 valence electrons. The number of nitrogen functional groups attached to an aromatic ring is 1. The maximum atomic E-state index is 14.7. The minimum Gasteiger partial charge on any atom is -0.392 e. The number of hydrogen-bond donors (Lipinski definition) is 3. The number of aryl methyl sites for hydroxylation is 1. The van der Waals surface area contributed by atoms with E-state index in [0.717, 1.165) is 18.0 Å². The Kier molecular flexibility index (Phi) is 5.94. The fraction of sp³-hybridized carbons (Fsp3) is 0.100. The molecule has 4 aromatic rings. The van der Waals surface area contributed by atoms with Crippen LogP contribution >= 0.6 is 35.1 Å². The van der Waals surface area contributed by atoms with Crippen LogP contribution in [0.4, 0.5) is 20.3 Å². The highest BCUT2D eigenvalue weighted by Crippen LogP contribution is 2.37. The van der Waals surface area contributed by atoms with Crippen LogP contribution in [-0.2, 0) is 6.61 Å². The SMILES string of the molecule is Cc1nc(-c2cc(NSc3cc(Cl)cc(CO)c3Cl)cc(F)c2F)c2c(N)nccn12. The van der Waals surface area contributed by atoms with Crippen LogP contribution in [0.3, 0.4) is 0 Å². The van der Waals surface area contributed by atoms with Crippen molar-refractivity contribution in [3.05, 3.63) is 69.7 Å². The molecular formula is C20H15Cl2F2N5OS. The molecule has 0 aliphatic carbocycles. The Morgan fingerprint density at radius 2 is 2.00 bits per heavy atom. The van der Waals surface area contributed by atoms with E-state index in [1.807, 2.05) is 0 Å². The van der Waals surface area contributed by atoms with Crippen LogP contribution in [0.5, 0.6) is 0 Å². The maximum Gasteiger partial charge on any atom is 0.168 e.